The van der Waals surface area contributed by atoms with Crippen molar-refractivity contribution in [2.75, 3.05) is 13.1 Å². The molecular weight excluding hydrogens is 268 g/mol. The maximum absolute atomic E-state index is 11.8. The van der Waals surface area contributed by atoms with Crippen molar-refractivity contribution in [2.45, 2.75) is 33.2 Å². The van der Waals surface area contributed by atoms with Crippen LogP contribution in [-0.4, -0.2) is 17.7 Å². The van der Waals surface area contributed by atoms with Crippen LogP contribution < -0.4 is 10.9 Å². The van der Waals surface area contributed by atoms with Crippen molar-refractivity contribution in [2.24, 2.45) is 0 Å². The van der Waals surface area contributed by atoms with Crippen LogP contribution in [0.15, 0.2) is 21.5 Å². The Morgan fingerprint density at radius 2 is 2.19 bits per heavy atom. The van der Waals surface area contributed by atoms with E-state index in [0.29, 0.717) is 0 Å². The molecular formula is C12H19BrN2O. The monoisotopic (exact) mass is 286 g/mol. The van der Waals surface area contributed by atoms with Gasteiger partial charge in [-0.15, -0.1) is 0 Å². The lowest BCUT2D eigenvalue weighted by molar-refractivity contribution is 0.568. The van der Waals surface area contributed by atoms with Crippen LogP contribution in [-0.2, 0) is 6.54 Å². The summed E-state index contributed by atoms with van der Waals surface area (Å²) in [4.78, 5) is 11.8. The number of aromatic nitrogens is 1. The van der Waals surface area contributed by atoms with Crippen molar-refractivity contribution in [3.05, 3.63) is 32.7 Å². The SMILES string of the molecule is CCCCNCCn1cc(Br)cc(C)c1=O. The van der Waals surface area contributed by atoms with Crippen molar-refractivity contribution >= 4 is 15.9 Å². The maximum atomic E-state index is 11.8. The van der Waals surface area contributed by atoms with Crippen LogP contribution in [0.5, 0.6) is 0 Å². The van der Waals surface area contributed by atoms with Crippen LogP contribution >= 0.6 is 15.9 Å². The highest BCUT2D eigenvalue weighted by Gasteiger charge is 2.00. The molecule has 1 heterocycles. The van der Waals surface area contributed by atoms with Crippen molar-refractivity contribution in [3.8, 4) is 0 Å². The van der Waals surface area contributed by atoms with E-state index < -0.39 is 0 Å². The molecule has 0 aromatic carbocycles. The highest BCUT2D eigenvalue weighted by atomic mass is 79.9. The first-order valence-corrected chi connectivity index (χ1v) is 6.51. The van der Waals surface area contributed by atoms with Gasteiger partial charge in [-0.1, -0.05) is 13.3 Å². The molecule has 4 heteroatoms. The van der Waals surface area contributed by atoms with Gasteiger partial charge in [0.25, 0.3) is 5.56 Å². The Kier molecular flexibility index (Phi) is 5.77. The second-order valence-electron chi connectivity index (χ2n) is 3.94. The van der Waals surface area contributed by atoms with Gasteiger partial charge in [-0.2, -0.15) is 0 Å². The number of unbranched alkanes of at least 4 members (excludes halogenated alkanes) is 1. The number of halogens is 1. The number of hydrogen-bond donors (Lipinski definition) is 1. The van der Waals surface area contributed by atoms with Gasteiger partial charge in [-0.05, 0) is 41.9 Å². The Labute approximate surface area is 105 Å². The molecule has 1 aromatic heterocycles. The first-order chi connectivity index (χ1) is 7.65. The third kappa shape index (κ3) is 4.10. The van der Waals surface area contributed by atoms with Gasteiger partial charge in [0.1, 0.15) is 0 Å². The molecule has 3 nitrogen and oxygen atoms in total. The number of hydrogen-bond acceptors (Lipinski definition) is 2. The van der Waals surface area contributed by atoms with Gasteiger partial charge in [0.2, 0.25) is 0 Å². The predicted octanol–water partition coefficient (Wildman–Crippen LogP) is 2.31. The van der Waals surface area contributed by atoms with Crippen LogP contribution in [0.3, 0.4) is 0 Å². The Morgan fingerprint density at radius 3 is 2.88 bits per heavy atom. The minimum absolute atomic E-state index is 0.0977. The first-order valence-electron chi connectivity index (χ1n) is 5.72. The molecule has 0 aliphatic carbocycles. The van der Waals surface area contributed by atoms with Crippen molar-refractivity contribution in [1.82, 2.24) is 9.88 Å². The summed E-state index contributed by atoms with van der Waals surface area (Å²) in [6.07, 6.45) is 4.23. The van der Waals surface area contributed by atoms with E-state index in [9.17, 15) is 4.79 Å². The molecule has 0 spiro atoms. The maximum Gasteiger partial charge on any atom is 0.253 e. The molecule has 0 radical (unpaired) electrons. The van der Waals surface area contributed by atoms with Gasteiger partial charge in [0, 0.05) is 29.3 Å². The lowest BCUT2D eigenvalue weighted by Crippen LogP contribution is -2.28. The molecule has 16 heavy (non-hydrogen) atoms. The van der Waals surface area contributed by atoms with Crippen molar-refractivity contribution in [1.29, 1.82) is 0 Å². The van der Waals surface area contributed by atoms with Crippen LogP contribution in [0.1, 0.15) is 25.3 Å². The third-order valence-electron chi connectivity index (χ3n) is 2.47. The van der Waals surface area contributed by atoms with Gasteiger partial charge < -0.3 is 9.88 Å². The number of nitrogens with zero attached hydrogens (tertiary/aromatic N) is 1. The van der Waals surface area contributed by atoms with Gasteiger partial charge >= 0.3 is 0 Å². The van der Waals surface area contributed by atoms with E-state index in [1.165, 1.54) is 12.8 Å². The molecule has 0 aliphatic heterocycles. The van der Waals surface area contributed by atoms with E-state index in [0.717, 1.165) is 29.7 Å². The topological polar surface area (TPSA) is 34.0 Å². The minimum Gasteiger partial charge on any atom is -0.315 e. The van der Waals surface area contributed by atoms with Crippen LogP contribution in [0.4, 0.5) is 0 Å². The molecule has 0 saturated heterocycles. The van der Waals surface area contributed by atoms with E-state index in [2.05, 4.69) is 28.2 Å². The van der Waals surface area contributed by atoms with Gasteiger partial charge in [-0.3, -0.25) is 4.79 Å². The molecule has 0 saturated carbocycles. The summed E-state index contributed by atoms with van der Waals surface area (Å²) in [6, 6.07) is 1.85. The highest BCUT2D eigenvalue weighted by molar-refractivity contribution is 9.10. The molecule has 1 rings (SSSR count). The van der Waals surface area contributed by atoms with Crippen molar-refractivity contribution < 1.29 is 0 Å². The lowest BCUT2D eigenvalue weighted by atomic mass is 10.3. The number of rotatable bonds is 6. The third-order valence-corrected chi connectivity index (χ3v) is 2.90. The van der Waals surface area contributed by atoms with Crippen LogP contribution in [0.25, 0.3) is 0 Å². The lowest BCUT2D eigenvalue weighted by Gasteiger charge is -2.08. The van der Waals surface area contributed by atoms with Crippen LogP contribution in [0.2, 0.25) is 0 Å². The number of pyridine rings is 1. The minimum atomic E-state index is 0.0977. The molecule has 0 atom stereocenters. The zero-order valence-electron chi connectivity index (χ0n) is 9.92. The van der Waals surface area contributed by atoms with E-state index in [4.69, 9.17) is 0 Å². The van der Waals surface area contributed by atoms with E-state index in [-0.39, 0.29) is 5.56 Å². The second-order valence-corrected chi connectivity index (χ2v) is 4.86. The first kappa shape index (κ1) is 13.5. The number of aryl methyl sites for hydroxylation is 1. The summed E-state index contributed by atoms with van der Waals surface area (Å²) in [5.74, 6) is 0. The molecule has 90 valence electrons. The highest BCUT2D eigenvalue weighted by Crippen LogP contribution is 2.07. The Balaban J connectivity index is 2.51. The van der Waals surface area contributed by atoms with Gasteiger partial charge in [0.05, 0.1) is 0 Å². The molecule has 0 unspecified atom stereocenters. The Morgan fingerprint density at radius 1 is 1.44 bits per heavy atom. The molecule has 1 N–H and O–H groups in total. The number of nitrogens with one attached hydrogen (secondary N) is 1. The average Bonchev–Trinajstić information content (AvgIpc) is 2.24. The van der Waals surface area contributed by atoms with Crippen LogP contribution in [0, 0.1) is 6.92 Å². The van der Waals surface area contributed by atoms with Crippen molar-refractivity contribution in [3.63, 3.8) is 0 Å². The largest absolute Gasteiger partial charge is 0.315 e. The second kappa shape index (κ2) is 6.86. The summed E-state index contributed by atoms with van der Waals surface area (Å²) in [7, 11) is 0. The average molecular weight is 287 g/mol. The van der Waals surface area contributed by atoms with Gasteiger partial charge in [-0.25, -0.2) is 0 Å². The zero-order valence-corrected chi connectivity index (χ0v) is 11.5. The summed E-state index contributed by atoms with van der Waals surface area (Å²) >= 11 is 3.40. The van der Waals surface area contributed by atoms with E-state index >= 15 is 0 Å². The fourth-order valence-electron chi connectivity index (χ4n) is 1.53. The molecule has 0 aliphatic rings. The quantitative estimate of drug-likeness (QED) is 0.815. The van der Waals surface area contributed by atoms with E-state index in [1.807, 2.05) is 19.2 Å². The summed E-state index contributed by atoms with van der Waals surface area (Å²) in [5, 5.41) is 3.33. The molecule has 0 fully saturated rings. The summed E-state index contributed by atoms with van der Waals surface area (Å²) in [6.45, 7) is 6.61. The predicted molar refractivity (Wildman–Crippen MR) is 70.9 cm³/mol. The Bertz CT molecular complexity index is 387. The fourth-order valence-corrected chi connectivity index (χ4v) is 2.12. The molecule has 0 bridgehead atoms. The van der Waals surface area contributed by atoms with E-state index in [1.54, 1.807) is 4.57 Å². The summed E-state index contributed by atoms with van der Waals surface area (Å²) < 4.78 is 2.71. The Hall–Kier alpha value is -0.610. The normalized spacial score (nSPS) is 10.7. The zero-order chi connectivity index (χ0) is 12.0. The fraction of sp³-hybridized carbons (Fsp3) is 0.583. The molecule has 0 amide bonds. The molecule has 1 aromatic rings. The van der Waals surface area contributed by atoms with Gasteiger partial charge in [0.15, 0.2) is 0 Å². The smallest absolute Gasteiger partial charge is 0.253 e. The standard InChI is InChI=1S/C12H19BrN2O/c1-3-4-5-14-6-7-15-9-11(13)8-10(2)12(15)16/h8-9,14H,3-7H2,1-2H3. The summed E-state index contributed by atoms with van der Waals surface area (Å²) in [5.41, 5.74) is 0.878.